The molecule has 0 unspecified atom stereocenters. The van der Waals surface area contributed by atoms with Crippen molar-refractivity contribution in [3.05, 3.63) is 167 Å². The minimum atomic E-state index is -1.24. The lowest BCUT2D eigenvalue weighted by Gasteiger charge is -2.41. The highest BCUT2D eigenvalue weighted by molar-refractivity contribution is 6.17. The summed E-state index contributed by atoms with van der Waals surface area (Å²) < 4.78 is 14.0. The van der Waals surface area contributed by atoms with Crippen molar-refractivity contribution in [1.29, 1.82) is 0 Å². The Morgan fingerprint density at radius 1 is 0.820 bits per heavy atom. The van der Waals surface area contributed by atoms with Crippen LogP contribution in [0.1, 0.15) is 46.7 Å². The molecular weight excluding hydrogens is 627 g/mol. The highest BCUT2D eigenvalue weighted by Crippen LogP contribution is 2.38. The van der Waals surface area contributed by atoms with Crippen LogP contribution in [-0.4, -0.2) is 52.8 Å². The Labute approximate surface area is 291 Å². The molecule has 50 heavy (non-hydrogen) atoms. The number of fused-ring (bicyclic) bond motifs is 1. The van der Waals surface area contributed by atoms with E-state index in [1.54, 1.807) is 12.1 Å². The van der Waals surface area contributed by atoms with Crippen LogP contribution in [0.5, 0.6) is 0 Å². The van der Waals surface area contributed by atoms with Gasteiger partial charge in [0.2, 0.25) is 5.91 Å². The predicted molar refractivity (Wildman–Crippen MR) is 195 cm³/mol. The fourth-order valence-corrected chi connectivity index (χ4v) is 7.30. The largest absolute Gasteiger partial charge is 0.480 e. The zero-order valence-electron chi connectivity index (χ0n) is 27.7. The Morgan fingerprint density at radius 3 is 2.26 bits per heavy atom. The molecule has 5 aromatic rings. The van der Waals surface area contributed by atoms with Crippen molar-refractivity contribution in [1.82, 2.24) is 4.90 Å². The van der Waals surface area contributed by atoms with Gasteiger partial charge in [0.15, 0.2) is 6.04 Å². The third-order valence-corrected chi connectivity index (χ3v) is 9.69. The zero-order valence-corrected chi connectivity index (χ0v) is 27.7. The van der Waals surface area contributed by atoms with E-state index in [2.05, 4.69) is 22.3 Å². The van der Waals surface area contributed by atoms with Crippen LogP contribution < -0.4 is 10.2 Å². The number of carboxylic acid groups (broad SMARTS) is 1. The van der Waals surface area contributed by atoms with Gasteiger partial charge in [-0.25, -0.2) is 9.18 Å². The number of anilines is 2. The van der Waals surface area contributed by atoms with E-state index >= 15 is 0 Å². The normalized spacial score (nSPS) is 18.3. The van der Waals surface area contributed by atoms with Gasteiger partial charge < -0.3 is 15.3 Å². The van der Waals surface area contributed by atoms with Crippen LogP contribution >= 0.6 is 0 Å². The molecule has 1 amide bonds. The molecule has 1 fully saturated rings. The molecule has 5 aromatic carbocycles. The Morgan fingerprint density at radius 2 is 1.50 bits per heavy atom. The molecule has 1 saturated heterocycles. The summed E-state index contributed by atoms with van der Waals surface area (Å²) in [7, 11) is 0. The van der Waals surface area contributed by atoms with E-state index in [-0.39, 0.29) is 17.8 Å². The number of hydrogen-bond acceptors (Lipinski definition) is 5. The number of carbonyl (C=O) groups is 2. The van der Waals surface area contributed by atoms with E-state index in [1.165, 1.54) is 12.1 Å². The maximum Gasteiger partial charge on any atom is 0.330 e. The number of nitrogens with one attached hydrogen (secondary N) is 1. The van der Waals surface area contributed by atoms with Crippen molar-refractivity contribution in [3.63, 3.8) is 0 Å². The standard InChI is InChI=1S/C42H39FN4O3/c43-32-21-23-33(24-22-32)47-27-25-30-14-7-8-17-34(30)40(47)39(42(49)50)45-38(31-15-5-2-6-16-31)35-18-9-10-19-36(35)44-41(48)37-20-11-26-46(37)28-29-12-3-1-4-13-29/h1-10,12-19,21-24,37,39-40H,11,20,25-28H2,(H,44,48)(H,49,50)/t37-,39-,40-/m0/s1. The highest BCUT2D eigenvalue weighted by Gasteiger charge is 2.39. The van der Waals surface area contributed by atoms with Crippen LogP contribution in [0, 0.1) is 5.82 Å². The lowest BCUT2D eigenvalue weighted by Crippen LogP contribution is -2.44. The van der Waals surface area contributed by atoms with Crippen LogP contribution in [-0.2, 0) is 22.6 Å². The maximum atomic E-state index is 14.0. The van der Waals surface area contributed by atoms with Crippen molar-refractivity contribution >= 4 is 29.0 Å². The molecule has 0 radical (unpaired) electrons. The first kappa shape index (κ1) is 32.9. The van der Waals surface area contributed by atoms with Gasteiger partial charge in [-0.3, -0.25) is 14.7 Å². The van der Waals surface area contributed by atoms with E-state index < -0.39 is 18.1 Å². The smallest absolute Gasteiger partial charge is 0.330 e. The highest BCUT2D eigenvalue weighted by atomic mass is 19.1. The first-order chi connectivity index (χ1) is 24.5. The number of amides is 1. The van der Waals surface area contributed by atoms with Gasteiger partial charge in [-0.1, -0.05) is 103 Å². The third kappa shape index (κ3) is 7.07. The summed E-state index contributed by atoms with van der Waals surface area (Å²) in [6.07, 6.45) is 2.39. The summed E-state index contributed by atoms with van der Waals surface area (Å²) >= 11 is 0. The molecule has 2 aliphatic rings. The van der Waals surface area contributed by atoms with Gasteiger partial charge >= 0.3 is 5.97 Å². The molecule has 3 atom stereocenters. The number of nitrogens with zero attached hydrogens (tertiary/aromatic N) is 3. The molecule has 7 rings (SSSR count). The van der Waals surface area contributed by atoms with E-state index in [0.717, 1.165) is 47.3 Å². The number of halogens is 1. The van der Waals surface area contributed by atoms with Crippen molar-refractivity contribution in [2.45, 2.75) is 43.9 Å². The molecule has 2 N–H and O–H groups in total. The monoisotopic (exact) mass is 666 g/mol. The quantitative estimate of drug-likeness (QED) is 0.151. The molecule has 0 aromatic heterocycles. The zero-order chi connectivity index (χ0) is 34.5. The average molecular weight is 667 g/mol. The number of aliphatic imine (C=N–C) groups is 1. The Hall–Kier alpha value is -5.60. The van der Waals surface area contributed by atoms with E-state index in [1.807, 2.05) is 102 Å². The van der Waals surface area contributed by atoms with Crippen LogP contribution in [0.15, 0.2) is 138 Å². The third-order valence-electron chi connectivity index (χ3n) is 9.69. The number of carbonyl (C=O) groups excluding carboxylic acids is 1. The van der Waals surface area contributed by atoms with Gasteiger partial charge in [-0.2, -0.15) is 0 Å². The molecule has 7 nitrogen and oxygen atoms in total. The molecule has 8 heteroatoms. The molecule has 0 aliphatic carbocycles. The predicted octanol–water partition coefficient (Wildman–Crippen LogP) is 7.52. The first-order valence-electron chi connectivity index (χ1n) is 17.1. The van der Waals surface area contributed by atoms with Crippen LogP contribution in [0.4, 0.5) is 15.8 Å². The van der Waals surface area contributed by atoms with Gasteiger partial charge in [0.1, 0.15) is 5.82 Å². The van der Waals surface area contributed by atoms with Gasteiger partial charge in [0, 0.05) is 29.9 Å². The number of carboxylic acids is 1. The summed E-state index contributed by atoms with van der Waals surface area (Å²) in [6.45, 7) is 2.06. The summed E-state index contributed by atoms with van der Waals surface area (Å²) in [5.74, 6) is -1.55. The second kappa shape index (κ2) is 14.9. The Balaban J connectivity index is 1.29. The van der Waals surface area contributed by atoms with Gasteiger partial charge in [-0.05, 0) is 72.8 Å². The van der Waals surface area contributed by atoms with Crippen LogP contribution in [0.3, 0.4) is 0 Å². The van der Waals surface area contributed by atoms with Crippen molar-refractivity contribution in [2.75, 3.05) is 23.3 Å². The lowest BCUT2D eigenvalue weighted by atomic mass is 9.87. The summed E-state index contributed by atoms with van der Waals surface area (Å²) in [5.41, 5.74) is 6.19. The topological polar surface area (TPSA) is 85.2 Å². The first-order valence-corrected chi connectivity index (χ1v) is 17.1. The van der Waals surface area contributed by atoms with E-state index in [4.69, 9.17) is 4.99 Å². The molecule has 0 bridgehead atoms. The summed E-state index contributed by atoms with van der Waals surface area (Å²) in [5, 5.41) is 14.1. The number of hydrogen-bond donors (Lipinski definition) is 2. The number of benzene rings is 5. The average Bonchev–Trinajstić information content (AvgIpc) is 3.61. The van der Waals surface area contributed by atoms with Crippen molar-refractivity contribution in [2.24, 2.45) is 4.99 Å². The van der Waals surface area contributed by atoms with Crippen LogP contribution in [0.25, 0.3) is 0 Å². The molecule has 0 saturated carbocycles. The summed E-state index contributed by atoms with van der Waals surface area (Å²) in [6, 6.07) is 38.9. The number of likely N-dealkylation sites (tertiary alicyclic amines) is 1. The Bertz CT molecular complexity index is 1980. The fraction of sp³-hybridized carbons (Fsp3) is 0.214. The molecular formula is C42H39FN4O3. The number of aliphatic carboxylic acids is 1. The van der Waals surface area contributed by atoms with E-state index in [0.29, 0.717) is 36.5 Å². The second-order valence-electron chi connectivity index (χ2n) is 12.8. The van der Waals surface area contributed by atoms with E-state index in [9.17, 15) is 19.1 Å². The molecule has 0 spiro atoms. The maximum absolute atomic E-state index is 14.0. The second-order valence-corrected chi connectivity index (χ2v) is 12.8. The van der Waals surface area contributed by atoms with Crippen molar-refractivity contribution in [3.8, 4) is 0 Å². The Kier molecular flexibility index (Phi) is 9.80. The molecule has 252 valence electrons. The van der Waals surface area contributed by atoms with Gasteiger partial charge in [-0.15, -0.1) is 0 Å². The molecule has 2 heterocycles. The van der Waals surface area contributed by atoms with Gasteiger partial charge in [0.05, 0.1) is 23.5 Å². The fourth-order valence-electron chi connectivity index (χ4n) is 7.30. The SMILES string of the molecule is O=C(O)[C@@H](N=C(c1ccccc1)c1ccccc1NC(=O)[C@@H]1CCCN1Cc1ccccc1)[C@@H]1c2ccccc2CCN1c1ccc(F)cc1. The van der Waals surface area contributed by atoms with Crippen molar-refractivity contribution < 1.29 is 19.1 Å². The molecule has 2 aliphatic heterocycles. The minimum absolute atomic E-state index is 0.100. The number of rotatable bonds is 10. The lowest BCUT2D eigenvalue weighted by molar-refractivity contribution is -0.139. The minimum Gasteiger partial charge on any atom is -0.480 e. The number of para-hydroxylation sites is 1. The van der Waals surface area contributed by atoms with Crippen LogP contribution in [0.2, 0.25) is 0 Å². The summed E-state index contributed by atoms with van der Waals surface area (Å²) in [4.78, 5) is 36.7. The van der Waals surface area contributed by atoms with Gasteiger partial charge in [0.25, 0.3) is 0 Å².